The van der Waals surface area contributed by atoms with Crippen molar-refractivity contribution in [1.82, 2.24) is 4.98 Å². The Hall–Kier alpha value is -2.93. The van der Waals surface area contributed by atoms with E-state index in [1.165, 1.54) is 7.11 Å². The van der Waals surface area contributed by atoms with Crippen LogP contribution >= 0.6 is 0 Å². The van der Waals surface area contributed by atoms with Gasteiger partial charge in [0.25, 0.3) is 0 Å². The minimum absolute atomic E-state index is 0.0585. The minimum atomic E-state index is -0.336. The molecule has 7 heteroatoms. The number of anilines is 1. The summed E-state index contributed by atoms with van der Waals surface area (Å²) < 4.78 is 10.1. The molecule has 0 fully saturated rings. The summed E-state index contributed by atoms with van der Waals surface area (Å²) in [6.07, 6.45) is 2.42. The highest BCUT2D eigenvalue weighted by molar-refractivity contribution is 5.97. The molecular formula is C22H27N3O4. The molecule has 3 N–H and O–H groups in total. The van der Waals surface area contributed by atoms with Crippen LogP contribution in [0.4, 0.5) is 5.69 Å². The zero-order chi connectivity index (χ0) is 21.0. The van der Waals surface area contributed by atoms with E-state index in [-0.39, 0.29) is 30.3 Å². The van der Waals surface area contributed by atoms with Gasteiger partial charge in [-0.15, -0.1) is 0 Å². The number of benzene rings is 1. The van der Waals surface area contributed by atoms with Gasteiger partial charge < -0.3 is 20.5 Å². The Morgan fingerprint density at radius 3 is 2.76 bits per heavy atom. The second kappa shape index (κ2) is 9.05. The van der Waals surface area contributed by atoms with E-state index in [1.54, 1.807) is 7.11 Å². The average molecular weight is 397 g/mol. The number of pyridine rings is 1. The quantitative estimate of drug-likeness (QED) is 0.771. The fourth-order valence-corrected chi connectivity index (χ4v) is 3.45. The van der Waals surface area contributed by atoms with Gasteiger partial charge in [0.15, 0.2) is 0 Å². The largest absolute Gasteiger partial charge is 0.481 e. The number of carbonyl (C=O) groups excluding carboxylic acids is 2. The molecule has 0 radical (unpaired) electrons. The van der Waals surface area contributed by atoms with Gasteiger partial charge in [0.1, 0.15) is 0 Å². The number of methoxy groups -OCH3 is 2. The topological polar surface area (TPSA) is 104 Å². The molecule has 29 heavy (non-hydrogen) atoms. The molecule has 2 atom stereocenters. The molecule has 0 aliphatic carbocycles. The third-order valence-electron chi connectivity index (χ3n) is 5.24. The number of hydrogen-bond acceptors (Lipinski definition) is 6. The Balaban J connectivity index is 2.13. The summed E-state index contributed by atoms with van der Waals surface area (Å²) in [7, 11) is 2.92. The van der Waals surface area contributed by atoms with Gasteiger partial charge in [-0.3, -0.25) is 9.59 Å². The van der Waals surface area contributed by atoms with E-state index >= 15 is 0 Å². The summed E-state index contributed by atoms with van der Waals surface area (Å²) in [5, 5.41) is 3.03. The van der Waals surface area contributed by atoms with E-state index in [1.807, 2.05) is 37.3 Å². The highest BCUT2D eigenvalue weighted by Crippen LogP contribution is 2.34. The molecule has 1 aliphatic rings. The lowest BCUT2D eigenvalue weighted by Gasteiger charge is -2.20. The van der Waals surface area contributed by atoms with Crippen LogP contribution in [-0.4, -0.2) is 31.1 Å². The standard InChI is InChI=1S/C22H27N3O4/c1-13-5-4-6-17(23)19-11-15(12-20(24-19)28-2)16-8-7-14(10-21(26)29-3)9-18(16)25-22(13)27/h7-9,11-13,17H,4-6,10,23H2,1-3H3,(H,25,27)/t13-,17+/m1/s1. The number of amides is 1. The first-order valence-corrected chi connectivity index (χ1v) is 9.73. The van der Waals surface area contributed by atoms with Crippen LogP contribution < -0.4 is 15.8 Å². The number of esters is 1. The number of aromatic nitrogens is 1. The molecule has 2 aromatic rings. The van der Waals surface area contributed by atoms with Crippen molar-refractivity contribution < 1.29 is 19.1 Å². The molecule has 154 valence electrons. The molecule has 7 nitrogen and oxygen atoms in total. The first kappa shape index (κ1) is 20.8. The van der Waals surface area contributed by atoms with Gasteiger partial charge in [0.2, 0.25) is 11.8 Å². The van der Waals surface area contributed by atoms with Gasteiger partial charge in [-0.25, -0.2) is 4.98 Å². The summed E-state index contributed by atoms with van der Waals surface area (Å²) in [5.41, 5.74) is 10.2. The highest BCUT2D eigenvalue weighted by atomic mass is 16.5. The van der Waals surface area contributed by atoms with E-state index in [0.717, 1.165) is 41.6 Å². The Kier molecular flexibility index (Phi) is 6.49. The molecule has 3 rings (SSSR count). The van der Waals surface area contributed by atoms with Crippen molar-refractivity contribution >= 4 is 17.6 Å². The molecule has 1 aliphatic heterocycles. The molecule has 0 unspecified atom stereocenters. The van der Waals surface area contributed by atoms with E-state index in [9.17, 15) is 9.59 Å². The van der Waals surface area contributed by atoms with Gasteiger partial charge >= 0.3 is 5.97 Å². The van der Waals surface area contributed by atoms with Crippen LogP contribution in [-0.2, 0) is 20.7 Å². The summed E-state index contributed by atoms with van der Waals surface area (Å²) in [6.45, 7) is 1.91. The highest BCUT2D eigenvalue weighted by Gasteiger charge is 2.20. The lowest BCUT2D eigenvalue weighted by Crippen LogP contribution is -2.22. The molecule has 0 saturated carbocycles. The van der Waals surface area contributed by atoms with E-state index in [4.69, 9.17) is 15.2 Å². The molecular weight excluding hydrogens is 370 g/mol. The van der Waals surface area contributed by atoms with Crippen LogP contribution in [0.2, 0.25) is 0 Å². The molecule has 2 heterocycles. The fourth-order valence-electron chi connectivity index (χ4n) is 3.45. The summed E-state index contributed by atoms with van der Waals surface area (Å²) in [6, 6.07) is 9.06. The molecule has 1 amide bonds. The van der Waals surface area contributed by atoms with Crippen LogP contribution in [0.3, 0.4) is 0 Å². The first-order chi connectivity index (χ1) is 13.9. The van der Waals surface area contributed by atoms with Gasteiger partial charge in [-0.2, -0.15) is 0 Å². The maximum atomic E-state index is 12.7. The van der Waals surface area contributed by atoms with E-state index in [0.29, 0.717) is 11.6 Å². The maximum Gasteiger partial charge on any atom is 0.309 e. The molecule has 1 aromatic heterocycles. The van der Waals surface area contributed by atoms with Crippen LogP contribution in [0.5, 0.6) is 5.88 Å². The Morgan fingerprint density at radius 2 is 2.03 bits per heavy atom. The van der Waals surface area contributed by atoms with E-state index < -0.39 is 0 Å². The third kappa shape index (κ3) is 4.92. The summed E-state index contributed by atoms with van der Waals surface area (Å²) in [5.74, 6) is -0.0811. The van der Waals surface area contributed by atoms with Crippen molar-refractivity contribution in [3.05, 3.63) is 41.6 Å². The number of fused-ring (bicyclic) bond motifs is 4. The molecule has 1 aromatic carbocycles. The van der Waals surface area contributed by atoms with E-state index in [2.05, 4.69) is 10.3 Å². The average Bonchev–Trinajstić information content (AvgIpc) is 2.72. The number of nitrogens with one attached hydrogen (secondary N) is 1. The van der Waals surface area contributed by atoms with Crippen molar-refractivity contribution in [3.8, 4) is 17.0 Å². The summed E-state index contributed by atoms with van der Waals surface area (Å²) >= 11 is 0. The lowest BCUT2D eigenvalue weighted by molar-refractivity contribution is -0.139. The number of carbonyl (C=O) groups is 2. The predicted molar refractivity (Wildman–Crippen MR) is 111 cm³/mol. The van der Waals surface area contributed by atoms with Gasteiger partial charge in [0, 0.05) is 29.3 Å². The minimum Gasteiger partial charge on any atom is -0.481 e. The third-order valence-corrected chi connectivity index (χ3v) is 5.24. The summed E-state index contributed by atoms with van der Waals surface area (Å²) in [4.78, 5) is 28.9. The number of ether oxygens (including phenoxy) is 2. The van der Waals surface area contributed by atoms with Crippen LogP contribution in [0.25, 0.3) is 11.1 Å². The zero-order valence-corrected chi connectivity index (χ0v) is 17.0. The number of rotatable bonds is 3. The number of nitrogens with zero attached hydrogens (tertiary/aromatic N) is 1. The van der Waals surface area contributed by atoms with Crippen molar-refractivity contribution in [2.24, 2.45) is 11.7 Å². The Bertz CT molecular complexity index is 913. The van der Waals surface area contributed by atoms with Gasteiger partial charge in [0.05, 0.1) is 26.3 Å². The van der Waals surface area contributed by atoms with Crippen molar-refractivity contribution in [2.45, 2.75) is 38.6 Å². The molecule has 2 bridgehead atoms. The van der Waals surface area contributed by atoms with Crippen molar-refractivity contribution in [1.29, 1.82) is 0 Å². The molecule has 0 spiro atoms. The van der Waals surface area contributed by atoms with Gasteiger partial charge in [-0.1, -0.05) is 25.5 Å². The van der Waals surface area contributed by atoms with Crippen molar-refractivity contribution in [2.75, 3.05) is 19.5 Å². The zero-order valence-electron chi connectivity index (χ0n) is 17.0. The number of hydrogen-bond donors (Lipinski definition) is 2. The second-order valence-corrected chi connectivity index (χ2v) is 7.38. The SMILES string of the molecule is COC(=O)Cc1ccc2c(c1)NC(=O)[C@H](C)CCC[C@H](N)c1cc-2cc(OC)n1. The Morgan fingerprint density at radius 1 is 1.24 bits per heavy atom. The Labute approximate surface area is 170 Å². The monoisotopic (exact) mass is 397 g/mol. The van der Waals surface area contributed by atoms with Crippen LogP contribution in [0.15, 0.2) is 30.3 Å². The fraction of sp³-hybridized carbons (Fsp3) is 0.409. The number of nitrogens with two attached hydrogens (primary N) is 1. The first-order valence-electron chi connectivity index (χ1n) is 9.73. The normalized spacial score (nSPS) is 19.2. The van der Waals surface area contributed by atoms with Crippen molar-refractivity contribution in [3.63, 3.8) is 0 Å². The predicted octanol–water partition coefficient (Wildman–Crippen LogP) is 3.23. The second-order valence-electron chi connectivity index (χ2n) is 7.38. The maximum absolute atomic E-state index is 12.7. The lowest BCUT2D eigenvalue weighted by atomic mass is 9.95. The molecule has 0 saturated heterocycles. The van der Waals surface area contributed by atoms with Gasteiger partial charge in [-0.05, 0) is 36.1 Å². The van der Waals surface area contributed by atoms with Crippen LogP contribution in [0.1, 0.15) is 43.5 Å². The van der Waals surface area contributed by atoms with Crippen LogP contribution in [0, 0.1) is 5.92 Å². The smallest absolute Gasteiger partial charge is 0.309 e.